The van der Waals surface area contributed by atoms with Crippen LogP contribution in [0, 0.1) is 6.92 Å². The van der Waals surface area contributed by atoms with Crippen molar-refractivity contribution in [2.75, 3.05) is 5.88 Å². The molecule has 0 aliphatic heterocycles. The second-order valence-corrected chi connectivity index (χ2v) is 5.54. The predicted octanol–water partition coefficient (Wildman–Crippen LogP) is 3.58. The molecule has 0 fully saturated rings. The van der Waals surface area contributed by atoms with Crippen molar-refractivity contribution in [3.63, 3.8) is 0 Å². The Morgan fingerprint density at radius 2 is 2.06 bits per heavy atom. The summed E-state index contributed by atoms with van der Waals surface area (Å²) in [5.74, 6) is 0.443. The molecule has 0 aliphatic carbocycles. The summed E-state index contributed by atoms with van der Waals surface area (Å²) in [7, 11) is 0. The number of amides is 1. The minimum Gasteiger partial charge on any atom is -0.345 e. The van der Waals surface area contributed by atoms with Gasteiger partial charge in [0.05, 0.1) is 10.4 Å². The molecule has 1 heterocycles. The van der Waals surface area contributed by atoms with Crippen LogP contribution in [0.5, 0.6) is 0 Å². The molecule has 4 heteroatoms. The van der Waals surface area contributed by atoms with Crippen LogP contribution in [-0.4, -0.2) is 17.3 Å². The first-order valence-electron chi connectivity index (χ1n) is 5.52. The van der Waals surface area contributed by atoms with Gasteiger partial charge in [0.25, 0.3) is 5.91 Å². The molecule has 1 N–H and O–H groups in total. The summed E-state index contributed by atoms with van der Waals surface area (Å²) < 4.78 is 0. The number of thiophene rings is 1. The van der Waals surface area contributed by atoms with Gasteiger partial charge in [-0.1, -0.05) is 13.8 Å². The lowest BCUT2D eigenvalue weighted by molar-refractivity contribution is 0.0906. The van der Waals surface area contributed by atoms with Crippen molar-refractivity contribution in [2.24, 2.45) is 0 Å². The third kappa shape index (κ3) is 2.98. The van der Waals surface area contributed by atoms with Crippen molar-refractivity contribution < 1.29 is 4.79 Å². The van der Waals surface area contributed by atoms with Gasteiger partial charge in [0, 0.05) is 10.8 Å². The van der Waals surface area contributed by atoms with E-state index in [1.54, 1.807) is 0 Å². The number of halogens is 1. The Hall–Kier alpha value is -0.540. The third-order valence-corrected chi connectivity index (χ3v) is 4.46. The first-order valence-corrected chi connectivity index (χ1v) is 6.87. The Kier molecular flexibility index (Phi) is 4.81. The van der Waals surface area contributed by atoms with Crippen molar-refractivity contribution in [1.82, 2.24) is 5.32 Å². The van der Waals surface area contributed by atoms with Gasteiger partial charge in [0.1, 0.15) is 0 Å². The van der Waals surface area contributed by atoms with E-state index in [-0.39, 0.29) is 11.4 Å². The molecule has 16 heavy (non-hydrogen) atoms. The van der Waals surface area contributed by atoms with Gasteiger partial charge >= 0.3 is 0 Å². The SMILES string of the molecule is CCC(CC)(CCl)NC(=O)c1ccc(C)s1. The van der Waals surface area contributed by atoms with Crippen molar-refractivity contribution in [2.45, 2.75) is 39.2 Å². The maximum Gasteiger partial charge on any atom is 0.261 e. The fraction of sp³-hybridized carbons (Fsp3) is 0.583. The normalized spacial score (nSPS) is 11.5. The van der Waals surface area contributed by atoms with Gasteiger partial charge in [-0.15, -0.1) is 22.9 Å². The summed E-state index contributed by atoms with van der Waals surface area (Å²) in [6, 6.07) is 3.82. The monoisotopic (exact) mass is 259 g/mol. The Balaban J connectivity index is 2.76. The zero-order valence-electron chi connectivity index (χ0n) is 9.97. The standard InChI is InChI=1S/C12H18ClNOS/c1-4-12(5-2,8-13)14-11(15)10-7-6-9(3)16-10/h6-7H,4-5,8H2,1-3H3,(H,14,15). The van der Waals surface area contributed by atoms with Crippen LogP contribution in [0.3, 0.4) is 0 Å². The number of carbonyl (C=O) groups is 1. The van der Waals surface area contributed by atoms with Gasteiger partial charge in [0.15, 0.2) is 0 Å². The first kappa shape index (κ1) is 13.5. The molecule has 0 saturated carbocycles. The maximum absolute atomic E-state index is 12.0. The highest BCUT2D eigenvalue weighted by Gasteiger charge is 2.27. The summed E-state index contributed by atoms with van der Waals surface area (Å²) in [6.07, 6.45) is 1.70. The van der Waals surface area contributed by atoms with Crippen LogP contribution < -0.4 is 5.32 Å². The van der Waals surface area contributed by atoms with Crippen LogP contribution in [0.4, 0.5) is 0 Å². The molecular formula is C12H18ClNOS. The molecule has 0 aliphatic rings. The lowest BCUT2D eigenvalue weighted by Gasteiger charge is -2.30. The van der Waals surface area contributed by atoms with E-state index in [0.29, 0.717) is 5.88 Å². The average Bonchev–Trinajstić information content (AvgIpc) is 2.73. The second-order valence-electron chi connectivity index (χ2n) is 3.99. The van der Waals surface area contributed by atoms with Gasteiger partial charge in [0.2, 0.25) is 0 Å². The molecule has 1 rings (SSSR count). The van der Waals surface area contributed by atoms with Crippen LogP contribution in [-0.2, 0) is 0 Å². The van der Waals surface area contributed by atoms with E-state index >= 15 is 0 Å². The number of alkyl halides is 1. The highest BCUT2D eigenvalue weighted by molar-refractivity contribution is 7.13. The smallest absolute Gasteiger partial charge is 0.261 e. The van der Waals surface area contributed by atoms with E-state index in [4.69, 9.17) is 11.6 Å². The predicted molar refractivity (Wildman–Crippen MR) is 70.6 cm³/mol. The van der Waals surface area contributed by atoms with Crippen LogP contribution in [0.1, 0.15) is 41.2 Å². The quantitative estimate of drug-likeness (QED) is 0.805. The maximum atomic E-state index is 12.0. The molecule has 0 bridgehead atoms. The van der Waals surface area contributed by atoms with E-state index in [9.17, 15) is 4.79 Å². The Labute approximate surface area is 106 Å². The lowest BCUT2D eigenvalue weighted by Crippen LogP contribution is -2.49. The molecule has 0 aromatic carbocycles. The second kappa shape index (κ2) is 5.69. The summed E-state index contributed by atoms with van der Waals surface area (Å²) in [5, 5.41) is 3.05. The minimum absolute atomic E-state index is 0.0116. The summed E-state index contributed by atoms with van der Waals surface area (Å²) >= 11 is 7.46. The van der Waals surface area contributed by atoms with Gasteiger partial charge in [-0.25, -0.2) is 0 Å². The molecule has 0 unspecified atom stereocenters. The van der Waals surface area contributed by atoms with E-state index in [1.807, 2.05) is 32.9 Å². The first-order chi connectivity index (χ1) is 7.56. The Morgan fingerprint density at radius 3 is 2.44 bits per heavy atom. The zero-order valence-corrected chi connectivity index (χ0v) is 11.5. The van der Waals surface area contributed by atoms with Gasteiger partial charge < -0.3 is 5.32 Å². The lowest BCUT2D eigenvalue weighted by atomic mass is 9.95. The Morgan fingerprint density at radius 1 is 1.44 bits per heavy atom. The van der Waals surface area contributed by atoms with E-state index < -0.39 is 0 Å². The average molecular weight is 260 g/mol. The molecule has 0 radical (unpaired) electrons. The van der Waals surface area contributed by atoms with Gasteiger partial charge in [-0.2, -0.15) is 0 Å². The number of carbonyl (C=O) groups excluding carboxylic acids is 1. The number of aryl methyl sites for hydroxylation is 1. The number of rotatable bonds is 5. The molecular weight excluding hydrogens is 242 g/mol. The summed E-state index contributed by atoms with van der Waals surface area (Å²) in [6.45, 7) is 6.09. The van der Waals surface area contributed by atoms with Crippen molar-refractivity contribution in [3.05, 3.63) is 21.9 Å². The van der Waals surface area contributed by atoms with Crippen LogP contribution >= 0.6 is 22.9 Å². The summed E-state index contributed by atoms with van der Waals surface area (Å²) in [4.78, 5) is 13.9. The molecule has 1 aromatic rings. The molecule has 2 nitrogen and oxygen atoms in total. The van der Waals surface area contributed by atoms with Crippen molar-refractivity contribution in [1.29, 1.82) is 0 Å². The number of hydrogen-bond donors (Lipinski definition) is 1. The molecule has 0 saturated heterocycles. The van der Waals surface area contributed by atoms with E-state index in [2.05, 4.69) is 5.32 Å². The summed E-state index contributed by atoms with van der Waals surface area (Å²) in [5.41, 5.74) is -0.267. The van der Waals surface area contributed by atoms with Crippen LogP contribution in [0.15, 0.2) is 12.1 Å². The Bertz CT molecular complexity index is 349. The fourth-order valence-electron chi connectivity index (χ4n) is 1.51. The van der Waals surface area contributed by atoms with Crippen LogP contribution in [0.25, 0.3) is 0 Å². The highest BCUT2D eigenvalue weighted by atomic mass is 35.5. The minimum atomic E-state index is -0.267. The number of hydrogen-bond acceptors (Lipinski definition) is 2. The molecule has 1 aromatic heterocycles. The largest absolute Gasteiger partial charge is 0.345 e. The number of nitrogens with one attached hydrogen (secondary N) is 1. The fourth-order valence-corrected chi connectivity index (χ4v) is 2.72. The van der Waals surface area contributed by atoms with Crippen molar-refractivity contribution in [3.8, 4) is 0 Å². The third-order valence-electron chi connectivity index (χ3n) is 2.95. The zero-order chi connectivity index (χ0) is 12.2. The topological polar surface area (TPSA) is 29.1 Å². The highest BCUT2D eigenvalue weighted by Crippen LogP contribution is 2.20. The van der Waals surface area contributed by atoms with E-state index in [0.717, 1.165) is 22.6 Å². The molecule has 90 valence electrons. The van der Waals surface area contributed by atoms with E-state index in [1.165, 1.54) is 11.3 Å². The van der Waals surface area contributed by atoms with Gasteiger partial charge in [-0.05, 0) is 31.9 Å². The van der Waals surface area contributed by atoms with Crippen LogP contribution in [0.2, 0.25) is 0 Å². The molecule has 1 amide bonds. The molecule has 0 spiro atoms. The molecule has 0 atom stereocenters. The van der Waals surface area contributed by atoms with Gasteiger partial charge in [-0.3, -0.25) is 4.79 Å². The van der Waals surface area contributed by atoms with Crippen molar-refractivity contribution >= 4 is 28.8 Å².